The van der Waals surface area contributed by atoms with Crippen molar-refractivity contribution in [2.75, 3.05) is 18.5 Å². The van der Waals surface area contributed by atoms with Gasteiger partial charge in [-0.05, 0) is 36.4 Å². The molecular weight excluding hydrogens is 231 g/mol. The first-order valence-corrected chi connectivity index (χ1v) is 6.12. The molecule has 1 N–H and O–H groups in total. The maximum Gasteiger partial charge on any atom is 0.250 e. The zero-order valence-corrected chi connectivity index (χ0v) is 10.4. The molecule has 0 atom stereocenters. The van der Waals surface area contributed by atoms with Crippen LogP contribution in [0.1, 0.15) is 12.8 Å². The van der Waals surface area contributed by atoms with E-state index in [0.29, 0.717) is 6.42 Å². The molecule has 1 heterocycles. The van der Waals surface area contributed by atoms with Crippen LogP contribution < -0.4 is 10.9 Å². The minimum atomic E-state index is -0.270. The maximum atomic E-state index is 12.0. The lowest BCUT2D eigenvalue weighted by atomic mass is 10.2. The van der Waals surface area contributed by atoms with Crippen LogP contribution >= 0.6 is 0 Å². The van der Waals surface area contributed by atoms with Crippen LogP contribution in [-0.4, -0.2) is 17.8 Å². The Balaban J connectivity index is 2.21. The molecule has 0 unspecified atom stereocenters. The van der Waals surface area contributed by atoms with Gasteiger partial charge in [0.1, 0.15) is 0 Å². The van der Waals surface area contributed by atoms with E-state index in [9.17, 15) is 9.18 Å². The van der Waals surface area contributed by atoms with Crippen molar-refractivity contribution in [2.24, 2.45) is 7.05 Å². The summed E-state index contributed by atoms with van der Waals surface area (Å²) >= 11 is 0. The number of rotatable bonds is 5. The smallest absolute Gasteiger partial charge is 0.250 e. The summed E-state index contributed by atoms with van der Waals surface area (Å²) in [6.07, 6.45) is 1.39. The van der Waals surface area contributed by atoms with Gasteiger partial charge in [-0.2, -0.15) is 0 Å². The zero-order chi connectivity index (χ0) is 13.0. The molecule has 0 amide bonds. The molecule has 0 aliphatic carbocycles. The number of benzene rings is 1. The number of hydrogen-bond donors (Lipinski definition) is 1. The third-order valence-electron chi connectivity index (χ3n) is 3.02. The van der Waals surface area contributed by atoms with Gasteiger partial charge in [-0.1, -0.05) is 6.07 Å². The molecule has 0 bridgehead atoms. The summed E-state index contributed by atoms with van der Waals surface area (Å²) in [5.41, 5.74) is 1.85. The summed E-state index contributed by atoms with van der Waals surface area (Å²) in [4.78, 5) is 11.5. The van der Waals surface area contributed by atoms with E-state index in [2.05, 4.69) is 5.32 Å². The monoisotopic (exact) mass is 248 g/mol. The van der Waals surface area contributed by atoms with Crippen molar-refractivity contribution in [2.45, 2.75) is 12.8 Å². The molecule has 0 aliphatic heterocycles. The highest BCUT2D eigenvalue weighted by molar-refractivity contribution is 5.82. The third-order valence-corrected chi connectivity index (χ3v) is 3.02. The Bertz CT molecular complexity index is 592. The molecule has 0 radical (unpaired) electrons. The first-order valence-electron chi connectivity index (χ1n) is 6.12. The van der Waals surface area contributed by atoms with E-state index in [4.69, 9.17) is 0 Å². The van der Waals surface area contributed by atoms with Gasteiger partial charge in [0, 0.05) is 25.3 Å². The summed E-state index contributed by atoms with van der Waals surface area (Å²) in [5.74, 6) is 0. The predicted octanol–water partition coefficient (Wildman–Crippen LogP) is 2.70. The average molecular weight is 248 g/mol. The van der Waals surface area contributed by atoms with Crippen LogP contribution in [0.15, 0.2) is 35.1 Å². The van der Waals surface area contributed by atoms with E-state index >= 15 is 0 Å². The number of alkyl halides is 1. The Kier molecular flexibility index (Phi) is 3.97. The van der Waals surface area contributed by atoms with Gasteiger partial charge in [0.25, 0.3) is 5.56 Å². The first kappa shape index (κ1) is 12.6. The minimum absolute atomic E-state index is 0.0166. The van der Waals surface area contributed by atoms with E-state index in [1.807, 2.05) is 24.3 Å². The van der Waals surface area contributed by atoms with Crippen LogP contribution in [0, 0.1) is 0 Å². The lowest BCUT2D eigenvalue weighted by Crippen LogP contribution is -2.15. The van der Waals surface area contributed by atoms with Crippen molar-refractivity contribution in [3.05, 3.63) is 40.7 Å². The van der Waals surface area contributed by atoms with Crippen molar-refractivity contribution in [3.63, 3.8) is 0 Å². The lowest BCUT2D eigenvalue weighted by molar-refractivity contribution is 0.466. The Labute approximate surface area is 105 Å². The molecular formula is C14H17FN2O. The van der Waals surface area contributed by atoms with Crippen molar-refractivity contribution in [3.8, 4) is 0 Å². The highest BCUT2D eigenvalue weighted by atomic mass is 19.1. The fourth-order valence-electron chi connectivity index (χ4n) is 1.93. The van der Waals surface area contributed by atoms with Crippen LogP contribution in [0.4, 0.5) is 10.1 Å². The van der Waals surface area contributed by atoms with E-state index in [1.165, 1.54) is 0 Å². The SMILES string of the molecule is Cn1c(=O)ccc2ccc(NCCCCF)cc21. The third kappa shape index (κ3) is 2.70. The Morgan fingerprint density at radius 3 is 2.78 bits per heavy atom. The average Bonchev–Trinajstić information content (AvgIpc) is 2.39. The molecule has 18 heavy (non-hydrogen) atoms. The topological polar surface area (TPSA) is 34.0 Å². The number of pyridine rings is 1. The highest BCUT2D eigenvalue weighted by Gasteiger charge is 2.00. The zero-order valence-electron chi connectivity index (χ0n) is 10.4. The normalized spacial score (nSPS) is 10.8. The predicted molar refractivity (Wildman–Crippen MR) is 72.9 cm³/mol. The molecule has 0 saturated carbocycles. The van der Waals surface area contributed by atoms with Crippen molar-refractivity contribution >= 4 is 16.6 Å². The molecule has 4 heteroatoms. The van der Waals surface area contributed by atoms with Crippen LogP contribution in [-0.2, 0) is 7.05 Å². The number of nitrogens with zero attached hydrogens (tertiary/aromatic N) is 1. The van der Waals surface area contributed by atoms with E-state index in [-0.39, 0.29) is 12.2 Å². The number of hydrogen-bond acceptors (Lipinski definition) is 2. The summed E-state index contributed by atoms with van der Waals surface area (Å²) in [7, 11) is 1.76. The Morgan fingerprint density at radius 2 is 2.00 bits per heavy atom. The first-order chi connectivity index (χ1) is 8.72. The molecule has 1 aromatic carbocycles. The fraction of sp³-hybridized carbons (Fsp3) is 0.357. The molecule has 96 valence electrons. The lowest BCUT2D eigenvalue weighted by Gasteiger charge is -2.09. The van der Waals surface area contributed by atoms with Crippen LogP contribution in [0.25, 0.3) is 10.9 Å². The Hall–Kier alpha value is -1.84. The van der Waals surface area contributed by atoms with Gasteiger partial charge < -0.3 is 9.88 Å². The molecule has 0 aliphatic rings. The van der Waals surface area contributed by atoms with Gasteiger partial charge in [-0.25, -0.2) is 0 Å². The summed E-state index contributed by atoms with van der Waals surface area (Å²) in [6.45, 7) is 0.476. The Morgan fingerprint density at radius 1 is 1.22 bits per heavy atom. The summed E-state index contributed by atoms with van der Waals surface area (Å²) in [5, 5.41) is 4.27. The number of anilines is 1. The molecule has 1 aromatic heterocycles. The van der Waals surface area contributed by atoms with Crippen molar-refractivity contribution in [1.82, 2.24) is 4.57 Å². The molecule has 0 fully saturated rings. The van der Waals surface area contributed by atoms with Crippen LogP contribution in [0.3, 0.4) is 0 Å². The number of nitrogens with one attached hydrogen (secondary N) is 1. The minimum Gasteiger partial charge on any atom is -0.385 e. The number of aromatic nitrogens is 1. The van der Waals surface area contributed by atoms with E-state index < -0.39 is 0 Å². The van der Waals surface area contributed by atoms with E-state index in [0.717, 1.165) is 29.6 Å². The van der Waals surface area contributed by atoms with Crippen LogP contribution in [0.2, 0.25) is 0 Å². The standard InChI is InChI=1S/C14H17FN2O/c1-17-13-10-12(16-9-3-2-8-15)6-4-11(13)5-7-14(17)18/h4-7,10,16H,2-3,8-9H2,1H3. The highest BCUT2D eigenvalue weighted by Crippen LogP contribution is 2.17. The molecule has 2 aromatic rings. The quantitative estimate of drug-likeness (QED) is 0.825. The summed E-state index contributed by atoms with van der Waals surface area (Å²) in [6, 6.07) is 9.29. The number of unbranched alkanes of at least 4 members (excludes halogenated alkanes) is 1. The second-order valence-corrected chi connectivity index (χ2v) is 4.33. The number of aryl methyl sites for hydroxylation is 1. The molecule has 3 nitrogen and oxygen atoms in total. The van der Waals surface area contributed by atoms with Gasteiger partial charge in [-0.15, -0.1) is 0 Å². The van der Waals surface area contributed by atoms with Crippen LogP contribution in [0.5, 0.6) is 0 Å². The molecule has 2 rings (SSSR count). The van der Waals surface area contributed by atoms with Gasteiger partial charge in [-0.3, -0.25) is 9.18 Å². The van der Waals surface area contributed by atoms with Gasteiger partial charge in [0.2, 0.25) is 0 Å². The van der Waals surface area contributed by atoms with Gasteiger partial charge in [0.05, 0.1) is 12.2 Å². The van der Waals surface area contributed by atoms with Gasteiger partial charge >= 0.3 is 0 Å². The maximum absolute atomic E-state index is 12.0. The van der Waals surface area contributed by atoms with E-state index in [1.54, 1.807) is 17.7 Å². The second-order valence-electron chi connectivity index (χ2n) is 4.33. The molecule has 0 spiro atoms. The second kappa shape index (κ2) is 5.67. The number of fused-ring (bicyclic) bond motifs is 1. The largest absolute Gasteiger partial charge is 0.385 e. The number of halogens is 1. The van der Waals surface area contributed by atoms with Crippen molar-refractivity contribution < 1.29 is 4.39 Å². The summed E-state index contributed by atoms with van der Waals surface area (Å²) < 4.78 is 13.6. The van der Waals surface area contributed by atoms with Crippen molar-refractivity contribution in [1.29, 1.82) is 0 Å². The molecule has 0 saturated heterocycles. The van der Waals surface area contributed by atoms with Gasteiger partial charge in [0.15, 0.2) is 0 Å². The fourth-order valence-corrected chi connectivity index (χ4v) is 1.93.